The third-order valence-electron chi connectivity index (χ3n) is 6.73. The number of likely N-dealkylation sites (tertiary alicyclic amines) is 1. The number of amides is 1. The molecule has 164 valence electrons. The van der Waals surface area contributed by atoms with E-state index in [4.69, 9.17) is 4.74 Å². The molecule has 1 unspecified atom stereocenters. The zero-order valence-electron chi connectivity index (χ0n) is 18.3. The van der Waals surface area contributed by atoms with Crippen molar-refractivity contribution < 1.29 is 14.6 Å². The number of aliphatic hydroxyl groups excluding tert-OH is 1. The molecular weight excluding hydrogens is 402 g/mol. The van der Waals surface area contributed by atoms with Gasteiger partial charge in [-0.3, -0.25) is 9.78 Å². The quantitative estimate of drug-likeness (QED) is 0.668. The van der Waals surface area contributed by atoms with Gasteiger partial charge in [0, 0.05) is 19.0 Å². The van der Waals surface area contributed by atoms with Crippen LogP contribution in [0.1, 0.15) is 51.5 Å². The Hall–Kier alpha value is -3.25. The van der Waals surface area contributed by atoms with Gasteiger partial charge in [0.05, 0.1) is 26.1 Å². The van der Waals surface area contributed by atoms with E-state index in [1.54, 1.807) is 0 Å². The van der Waals surface area contributed by atoms with Crippen molar-refractivity contribution >= 4 is 5.91 Å². The molecule has 2 aliphatic rings. The van der Waals surface area contributed by atoms with Crippen molar-refractivity contribution in [3.8, 4) is 17.0 Å². The lowest BCUT2D eigenvalue weighted by Gasteiger charge is -2.19. The highest BCUT2D eigenvalue weighted by molar-refractivity contribution is 5.92. The summed E-state index contributed by atoms with van der Waals surface area (Å²) in [6, 6.07) is 13.0. The molecule has 1 N–H and O–H groups in total. The van der Waals surface area contributed by atoms with Gasteiger partial charge in [-0.25, -0.2) is 4.98 Å². The molecule has 1 saturated heterocycles. The molecule has 0 spiro atoms. The molecule has 1 aromatic heterocycles. The molecule has 5 rings (SSSR count). The number of aryl methyl sites for hydroxylation is 1. The summed E-state index contributed by atoms with van der Waals surface area (Å²) in [6.45, 7) is 1.25. The fourth-order valence-corrected chi connectivity index (χ4v) is 5.11. The minimum absolute atomic E-state index is 0.00992. The van der Waals surface area contributed by atoms with Crippen molar-refractivity contribution in [2.75, 3.05) is 20.2 Å². The SMILES string of the molecule is COc1cncc(C(=O)N2CCC(c3ccc(-c4cccc5c4CCC5)cc3CO)C2)n1. The molecule has 6 nitrogen and oxygen atoms in total. The van der Waals surface area contributed by atoms with E-state index in [2.05, 4.69) is 46.4 Å². The molecule has 0 radical (unpaired) electrons. The first-order chi connectivity index (χ1) is 15.7. The summed E-state index contributed by atoms with van der Waals surface area (Å²) in [5, 5.41) is 10.1. The summed E-state index contributed by atoms with van der Waals surface area (Å²) < 4.78 is 5.09. The maximum atomic E-state index is 12.9. The van der Waals surface area contributed by atoms with Crippen LogP contribution in [-0.4, -0.2) is 46.1 Å². The van der Waals surface area contributed by atoms with E-state index in [-0.39, 0.29) is 18.4 Å². The molecule has 2 aromatic carbocycles. The van der Waals surface area contributed by atoms with E-state index in [0.29, 0.717) is 24.7 Å². The first-order valence-corrected chi connectivity index (χ1v) is 11.2. The molecule has 1 aliphatic carbocycles. The minimum atomic E-state index is -0.138. The molecule has 0 saturated carbocycles. The van der Waals surface area contributed by atoms with Crippen LogP contribution < -0.4 is 4.74 Å². The van der Waals surface area contributed by atoms with Crippen molar-refractivity contribution in [3.63, 3.8) is 0 Å². The van der Waals surface area contributed by atoms with E-state index < -0.39 is 0 Å². The molecule has 1 aliphatic heterocycles. The fourth-order valence-electron chi connectivity index (χ4n) is 5.11. The Balaban J connectivity index is 1.38. The van der Waals surface area contributed by atoms with Crippen molar-refractivity contribution in [3.05, 3.63) is 76.7 Å². The lowest BCUT2D eigenvalue weighted by molar-refractivity contribution is 0.0783. The standard InChI is InChI=1S/C26H27N3O3/c1-32-25-14-27-13-24(28-25)26(31)29-11-10-19(15-29)21-9-8-18(12-20(21)16-30)23-7-3-5-17-4-2-6-22(17)23/h3,5,7-9,12-14,19,30H,2,4,6,10-11,15-16H2,1H3. The third kappa shape index (κ3) is 3.75. The lowest BCUT2D eigenvalue weighted by atomic mass is 9.89. The summed E-state index contributed by atoms with van der Waals surface area (Å²) in [5.41, 5.74) is 7.69. The first kappa shape index (κ1) is 20.6. The Bertz CT molecular complexity index is 1160. The molecule has 6 heteroatoms. The van der Waals surface area contributed by atoms with Crippen LogP contribution in [0.25, 0.3) is 11.1 Å². The maximum Gasteiger partial charge on any atom is 0.274 e. The van der Waals surface area contributed by atoms with Crippen LogP contribution in [0.5, 0.6) is 5.88 Å². The van der Waals surface area contributed by atoms with Crippen LogP contribution in [0.2, 0.25) is 0 Å². The average Bonchev–Trinajstić information content (AvgIpc) is 3.53. The smallest absolute Gasteiger partial charge is 0.274 e. The van der Waals surface area contributed by atoms with Gasteiger partial charge in [0.2, 0.25) is 5.88 Å². The Labute approximate surface area is 187 Å². The molecule has 0 bridgehead atoms. The van der Waals surface area contributed by atoms with E-state index in [9.17, 15) is 9.90 Å². The van der Waals surface area contributed by atoms with Crippen LogP contribution in [0.15, 0.2) is 48.8 Å². The average molecular weight is 430 g/mol. The molecule has 3 aromatic rings. The molecule has 2 heterocycles. The summed E-state index contributed by atoms with van der Waals surface area (Å²) in [5.74, 6) is 0.383. The lowest BCUT2D eigenvalue weighted by Crippen LogP contribution is -2.29. The van der Waals surface area contributed by atoms with Crippen molar-refractivity contribution in [2.45, 2.75) is 38.2 Å². The van der Waals surface area contributed by atoms with Crippen molar-refractivity contribution in [2.24, 2.45) is 0 Å². The van der Waals surface area contributed by atoms with E-state index in [0.717, 1.165) is 36.0 Å². The van der Waals surface area contributed by atoms with E-state index >= 15 is 0 Å². The molecular formula is C26H27N3O3. The summed E-state index contributed by atoms with van der Waals surface area (Å²) in [7, 11) is 1.51. The third-order valence-corrected chi connectivity index (χ3v) is 6.73. The molecule has 1 atom stereocenters. The predicted octanol–water partition coefficient (Wildman–Crippen LogP) is 3.76. The summed E-state index contributed by atoms with van der Waals surface area (Å²) >= 11 is 0. The van der Waals surface area contributed by atoms with E-state index in [1.807, 2.05) is 4.90 Å². The van der Waals surface area contributed by atoms with Gasteiger partial charge in [-0.15, -0.1) is 0 Å². The highest BCUT2D eigenvalue weighted by atomic mass is 16.5. The number of aromatic nitrogens is 2. The van der Waals surface area contributed by atoms with Crippen LogP contribution in [0.4, 0.5) is 0 Å². The number of carbonyl (C=O) groups excluding carboxylic acids is 1. The minimum Gasteiger partial charge on any atom is -0.480 e. The number of hydrogen-bond acceptors (Lipinski definition) is 5. The molecule has 32 heavy (non-hydrogen) atoms. The summed E-state index contributed by atoms with van der Waals surface area (Å²) in [4.78, 5) is 23.0. The Kier molecular flexibility index (Phi) is 5.62. The normalized spacial score (nSPS) is 17.4. The van der Waals surface area contributed by atoms with Gasteiger partial charge in [0.25, 0.3) is 5.91 Å². The monoisotopic (exact) mass is 429 g/mol. The van der Waals surface area contributed by atoms with E-state index in [1.165, 1.54) is 42.6 Å². The highest BCUT2D eigenvalue weighted by Crippen LogP contribution is 2.36. The van der Waals surface area contributed by atoms with Gasteiger partial charge >= 0.3 is 0 Å². The van der Waals surface area contributed by atoms with Crippen molar-refractivity contribution in [1.82, 2.24) is 14.9 Å². The van der Waals surface area contributed by atoms with Crippen LogP contribution >= 0.6 is 0 Å². The maximum absolute atomic E-state index is 12.9. The van der Waals surface area contributed by atoms with Crippen LogP contribution in [-0.2, 0) is 19.4 Å². The number of rotatable bonds is 5. The van der Waals surface area contributed by atoms with Gasteiger partial charge in [0.1, 0.15) is 0 Å². The van der Waals surface area contributed by atoms with Crippen LogP contribution in [0.3, 0.4) is 0 Å². The Morgan fingerprint density at radius 3 is 2.97 bits per heavy atom. The Morgan fingerprint density at radius 1 is 1.22 bits per heavy atom. The second kappa shape index (κ2) is 8.71. The first-order valence-electron chi connectivity index (χ1n) is 11.2. The van der Waals surface area contributed by atoms with Gasteiger partial charge in [-0.1, -0.05) is 30.3 Å². The van der Waals surface area contributed by atoms with Crippen LogP contribution in [0, 0.1) is 0 Å². The number of nitrogens with zero attached hydrogens (tertiary/aromatic N) is 3. The number of carbonyl (C=O) groups is 1. The zero-order chi connectivity index (χ0) is 22.1. The fraction of sp³-hybridized carbons (Fsp3) is 0.346. The number of aliphatic hydroxyl groups is 1. The number of fused-ring (bicyclic) bond motifs is 1. The second-order valence-corrected chi connectivity index (χ2v) is 8.55. The number of hydrogen-bond donors (Lipinski definition) is 1. The zero-order valence-corrected chi connectivity index (χ0v) is 18.3. The predicted molar refractivity (Wildman–Crippen MR) is 122 cm³/mol. The van der Waals surface area contributed by atoms with Gasteiger partial charge in [0.15, 0.2) is 5.69 Å². The largest absolute Gasteiger partial charge is 0.480 e. The Morgan fingerprint density at radius 2 is 2.12 bits per heavy atom. The molecule has 1 amide bonds. The van der Waals surface area contributed by atoms with Gasteiger partial charge in [-0.05, 0) is 65.1 Å². The number of benzene rings is 2. The van der Waals surface area contributed by atoms with Gasteiger partial charge < -0.3 is 14.7 Å². The number of ether oxygens (including phenoxy) is 1. The number of methoxy groups -OCH3 is 1. The molecule has 1 fully saturated rings. The topological polar surface area (TPSA) is 75.5 Å². The second-order valence-electron chi connectivity index (χ2n) is 8.55. The highest BCUT2D eigenvalue weighted by Gasteiger charge is 2.30. The summed E-state index contributed by atoms with van der Waals surface area (Å²) in [6.07, 6.45) is 7.30. The van der Waals surface area contributed by atoms with Gasteiger partial charge in [-0.2, -0.15) is 0 Å². The van der Waals surface area contributed by atoms with Crippen molar-refractivity contribution in [1.29, 1.82) is 0 Å².